The number of hydrogen-bond donors (Lipinski definition) is 1. The van der Waals surface area contributed by atoms with E-state index in [1.807, 2.05) is 55.7 Å². The third-order valence-electron chi connectivity index (χ3n) is 5.67. The number of nitrogens with one attached hydrogen (secondary N) is 1. The molecule has 7 heteroatoms. The Labute approximate surface area is 206 Å². The summed E-state index contributed by atoms with van der Waals surface area (Å²) in [6.07, 6.45) is 1.48. The molecule has 180 valence electrons. The molecule has 0 radical (unpaired) electrons. The first-order valence-electron chi connectivity index (χ1n) is 11.4. The molecule has 0 saturated carbocycles. The van der Waals surface area contributed by atoms with Gasteiger partial charge in [-0.15, -0.1) is 16.8 Å². The summed E-state index contributed by atoms with van der Waals surface area (Å²) in [5, 5.41) is 12.3. The van der Waals surface area contributed by atoms with Crippen molar-refractivity contribution in [2.45, 2.75) is 64.8 Å². The average molecular weight is 479 g/mol. The summed E-state index contributed by atoms with van der Waals surface area (Å²) in [5.74, 6) is 1.61. The number of anilines is 1. The van der Waals surface area contributed by atoms with Gasteiger partial charge >= 0.3 is 0 Å². The van der Waals surface area contributed by atoms with Gasteiger partial charge in [0.1, 0.15) is 5.75 Å². The Morgan fingerprint density at radius 2 is 1.88 bits per heavy atom. The van der Waals surface area contributed by atoms with Crippen molar-refractivity contribution in [3.05, 3.63) is 77.6 Å². The number of nitrogens with zero attached hydrogens (tertiary/aromatic N) is 3. The fraction of sp³-hybridized carbons (Fsp3) is 0.370. The molecule has 0 aliphatic rings. The summed E-state index contributed by atoms with van der Waals surface area (Å²) in [5.41, 5.74) is 4.38. The lowest BCUT2D eigenvalue weighted by Crippen LogP contribution is -2.16. The van der Waals surface area contributed by atoms with Crippen molar-refractivity contribution in [1.29, 1.82) is 0 Å². The molecule has 1 unspecified atom stereocenters. The maximum absolute atomic E-state index is 12.6. The van der Waals surface area contributed by atoms with Gasteiger partial charge in [-0.2, -0.15) is 0 Å². The van der Waals surface area contributed by atoms with E-state index < -0.39 is 0 Å². The summed E-state index contributed by atoms with van der Waals surface area (Å²) >= 11 is 1.35. The van der Waals surface area contributed by atoms with Gasteiger partial charge in [0.05, 0.1) is 5.75 Å². The van der Waals surface area contributed by atoms with Crippen LogP contribution in [0.5, 0.6) is 5.75 Å². The summed E-state index contributed by atoms with van der Waals surface area (Å²) in [4.78, 5) is 12.6. The SMILES string of the molecule is C=CCn1c(SCC(=O)Nc2cccc(C)c2C)nnc1C(C)Oc1ccc(C(C)(C)C)cc1. The number of carbonyl (C=O) groups is 1. The predicted molar refractivity (Wildman–Crippen MR) is 140 cm³/mol. The van der Waals surface area contributed by atoms with Crippen molar-refractivity contribution in [1.82, 2.24) is 14.8 Å². The monoisotopic (exact) mass is 478 g/mol. The Morgan fingerprint density at radius 1 is 1.18 bits per heavy atom. The molecule has 0 spiro atoms. The Kier molecular flexibility index (Phi) is 8.20. The molecule has 1 N–H and O–H groups in total. The molecular weight excluding hydrogens is 444 g/mol. The number of allylic oxidation sites excluding steroid dienone is 1. The molecule has 1 heterocycles. The highest BCUT2D eigenvalue weighted by molar-refractivity contribution is 7.99. The van der Waals surface area contributed by atoms with E-state index in [1.165, 1.54) is 17.3 Å². The predicted octanol–water partition coefficient (Wildman–Crippen LogP) is 6.25. The fourth-order valence-electron chi connectivity index (χ4n) is 3.50. The Hall–Kier alpha value is -3.06. The van der Waals surface area contributed by atoms with Crippen LogP contribution >= 0.6 is 11.8 Å². The average Bonchev–Trinajstić information content (AvgIpc) is 3.18. The van der Waals surface area contributed by atoms with Crippen LogP contribution in [0, 0.1) is 13.8 Å². The minimum atomic E-state index is -0.314. The summed E-state index contributed by atoms with van der Waals surface area (Å²) in [7, 11) is 0. The molecule has 3 aromatic rings. The molecule has 1 amide bonds. The van der Waals surface area contributed by atoms with Crippen LogP contribution in [0.15, 0.2) is 60.3 Å². The number of benzene rings is 2. The largest absolute Gasteiger partial charge is 0.483 e. The van der Waals surface area contributed by atoms with Gasteiger partial charge in [-0.05, 0) is 61.1 Å². The summed E-state index contributed by atoms with van der Waals surface area (Å²) in [6, 6.07) is 14.0. The molecule has 1 atom stereocenters. The molecule has 6 nitrogen and oxygen atoms in total. The van der Waals surface area contributed by atoms with Gasteiger partial charge in [-0.3, -0.25) is 9.36 Å². The van der Waals surface area contributed by atoms with Crippen molar-refractivity contribution in [2.75, 3.05) is 11.1 Å². The Morgan fingerprint density at radius 3 is 2.53 bits per heavy atom. The lowest BCUT2D eigenvalue weighted by molar-refractivity contribution is -0.113. The Bertz CT molecular complexity index is 1150. The zero-order valence-corrected chi connectivity index (χ0v) is 21.7. The maximum atomic E-state index is 12.6. The third-order valence-corrected chi connectivity index (χ3v) is 6.63. The number of rotatable bonds is 9. The second-order valence-corrected chi connectivity index (χ2v) is 10.3. The number of thioether (sulfide) groups is 1. The molecule has 2 aromatic carbocycles. The van der Waals surface area contributed by atoms with E-state index in [4.69, 9.17) is 4.74 Å². The van der Waals surface area contributed by atoms with Gasteiger partial charge in [0.15, 0.2) is 17.1 Å². The van der Waals surface area contributed by atoms with E-state index in [2.05, 4.69) is 55.0 Å². The van der Waals surface area contributed by atoms with Gasteiger partial charge in [-0.25, -0.2) is 0 Å². The highest BCUT2D eigenvalue weighted by Crippen LogP contribution is 2.28. The van der Waals surface area contributed by atoms with Gasteiger partial charge in [-0.1, -0.05) is 62.9 Å². The van der Waals surface area contributed by atoms with Crippen LogP contribution in [-0.2, 0) is 16.8 Å². The van der Waals surface area contributed by atoms with E-state index in [0.29, 0.717) is 17.5 Å². The minimum absolute atomic E-state index is 0.0864. The highest BCUT2D eigenvalue weighted by atomic mass is 32.2. The summed E-state index contributed by atoms with van der Waals surface area (Å²) in [6.45, 7) is 16.9. The van der Waals surface area contributed by atoms with Crippen LogP contribution in [0.25, 0.3) is 0 Å². The number of amides is 1. The molecule has 0 aliphatic carbocycles. The number of aryl methyl sites for hydroxylation is 1. The topological polar surface area (TPSA) is 69.0 Å². The summed E-state index contributed by atoms with van der Waals surface area (Å²) < 4.78 is 8.09. The van der Waals surface area contributed by atoms with Crippen molar-refractivity contribution < 1.29 is 9.53 Å². The lowest BCUT2D eigenvalue weighted by atomic mass is 9.87. The zero-order valence-electron chi connectivity index (χ0n) is 20.9. The fourth-order valence-corrected chi connectivity index (χ4v) is 4.26. The first-order valence-corrected chi connectivity index (χ1v) is 12.4. The molecule has 0 saturated heterocycles. The minimum Gasteiger partial charge on any atom is -0.483 e. The van der Waals surface area contributed by atoms with Crippen LogP contribution < -0.4 is 10.1 Å². The number of hydrogen-bond acceptors (Lipinski definition) is 5. The van der Waals surface area contributed by atoms with Crippen molar-refractivity contribution in [3.63, 3.8) is 0 Å². The smallest absolute Gasteiger partial charge is 0.234 e. The first kappa shape index (κ1) is 25.6. The zero-order chi connectivity index (χ0) is 24.9. The molecule has 3 rings (SSSR count). The lowest BCUT2D eigenvalue weighted by Gasteiger charge is -2.20. The second kappa shape index (κ2) is 10.9. The van der Waals surface area contributed by atoms with Gasteiger partial charge in [0, 0.05) is 12.2 Å². The van der Waals surface area contributed by atoms with E-state index in [-0.39, 0.29) is 23.2 Å². The maximum Gasteiger partial charge on any atom is 0.234 e. The highest BCUT2D eigenvalue weighted by Gasteiger charge is 2.20. The molecule has 0 fully saturated rings. The van der Waals surface area contributed by atoms with Crippen LogP contribution in [0.3, 0.4) is 0 Å². The molecular formula is C27H34N4O2S. The van der Waals surface area contributed by atoms with E-state index in [9.17, 15) is 4.79 Å². The number of aromatic nitrogens is 3. The van der Waals surface area contributed by atoms with E-state index in [0.717, 1.165) is 22.6 Å². The normalized spacial score (nSPS) is 12.3. The van der Waals surface area contributed by atoms with Crippen LogP contribution in [0.2, 0.25) is 0 Å². The molecule has 0 bridgehead atoms. The van der Waals surface area contributed by atoms with Crippen molar-refractivity contribution >= 4 is 23.4 Å². The van der Waals surface area contributed by atoms with Crippen LogP contribution in [-0.4, -0.2) is 26.4 Å². The van der Waals surface area contributed by atoms with Gasteiger partial charge < -0.3 is 10.1 Å². The quantitative estimate of drug-likeness (QED) is 0.291. The molecule has 0 aliphatic heterocycles. The van der Waals surface area contributed by atoms with Gasteiger partial charge in [0.25, 0.3) is 0 Å². The molecule has 34 heavy (non-hydrogen) atoms. The van der Waals surface area contributed by atoms with Crippen molar-refractivity contribution in [3.8, 4) is 5.75 Å². The van der Waals surface area contributed by atoms with Crippen LogP contribution in [0.1, 0.15) is 56.3 Å². The number of ether oxygens (including phenoxy) is 1. The van der Waals surface area contributed by atoms with Crippen molar-refractivity contribution in [2.24, 2.45) is 0 Å². The van der Waals surface area contributed by atoms with Gasteiger partial charge in [0.2, 0.25) is 5.91 Å². The second-order valence-electron chi connectivity index (χ2n) is 9.36. The van der Waals surface area contributed by atoms with E-state index in [1.54, 1.807) is 6.08 Å². The number of carbonyl (C=O) groups excluding carboxylic acids is 1. The molecule has 1 aromatic heterocycles. The Balaban J connectivity index is 1.68. The first-order chi connectivity index (χ1) is 16.1. The third kappa shape index (κ3) is 6.29. The van der Waals surface area contributed by atoms with E-state index >= 15 is 0 Å². The standard InChI is InChI=1S/C27H34N4O2S/c1-8-16-31-25(20(4)33-22-14-12-21(13-15-22)27(5,6)7)29-30-26(31)34-17-24(32)28-23-11-9-10-18(2)19(23)3/h8-15,20H,1,16-17H2,2-7H3,(H,28,32). The van der Waals surface area contributed by atoms with Crippen LogP contribution in [0.4, 0.5) is 5.69 Å².